The fourth-order valence-electron chi connectivity index (χ4n) is 2.21. The summed E-state index contributed by atoms with van der Waals surface area (Å²) < 4.78 is 10.3. The number of esters is 1. The monoisotopic (exact) mass is 325 g/mol. The average Bonchev–Trinajstić information content (AvgIpc) is 2.62. The van der Waals surface area contributed by atoms with Crippen LogP contribution in [0.5, 0.6) is 5.75 Å². The van der Waals surface area contributed by atoms with Crippen LogP contribution in [0.4, 0.5) is 0 Å². The molecule has 0 atom stereocenters. The summed E-state index contributed by atoms with van der Waals surface area (Å²) in [7, 11) is 1.38. The number of hydrogen-bond donors (Lipinski definition) is 1. The number of carbonyl (C=O) groups excluding carboxylic acids is 1. The van der Waals surface area contributed by atoms with E-state index < -0.39 is 0 Å². The molecule has 0 radical (unpaired) electrons. The molecule has 126 valence electrons. The third-order valence-electron chi connectivity index (χ3n) is 3.44. The Kier molecular flexibility index (Phi) is 7.05. The summed E-state index contributed by atoms with van der Waals surface area (Å²) in [5.74, 6) is 0.569. The number of hydrogen-bond acceptors (Lipinski definition) is 4. The fraction of sp³-hybridized carbons (Fsp3) is 0.250. The first-order valence-electron chi connectivity index (χ1n) is 7.93. The second kappa shape index (κ2) is 9.53. The van der Waals surface area contributed by atoms with Crippen LogP contribution in [0.3, 0.4) is 0 Å². The van der Waals surface area contributed by atoms with Crippen LogP contribution < -0.4 is 10.1 Å². The maximum Gasteiger partial charge on any atom is 0.337 e. The van der Waals surface area contributed by atoms with Gasteiger partial charge in [0.2, 0.25) is 0 Å². The maximum absolute atomic E-state index is 11.4. The van der Waals surface area contributed by atoms with Crippen molar-refractivity contribution in [2.75, 3.05) is 26.8 Å². The number of benzene rings is 2. The highest BCUT2D eigenvalue weighted by Gasteiger charge is 2.03. The van der Waals surface area contributed by atoms with E-state index in [1.54, 1.807) is 12.1 Å². The standard InChI is InChI=1S/C20H23NO3/c1-16(14-17-8-10-18(11-9-17)20(22)23-2)15-21-12-13-24-19-6-4-3-5-7-19/h3-11,14,21H,12-13,15H2,1-2H3. The topological polar surface area (TPSA) is 47.6 Å². The SMILES string of the molecule is COC(=O)c1ccc(C=C(C)CNCCOc2ccccc2)cc1. The molecule has 0 aliphatic carbocycles. The number of ether oxygens (including phenoxy) is 2. The van der Waals surface area contributed by atoms with E-state index in [1.165, 1.54) is 12.7 Å². The zero-order valence-electron chi connectivity index (χ0n) is 14.1. The lowest BCUT2D eigenvalue weighted by Crippen LogP contribution is -2.22. The van der Waals surface area contributed by atoms with Gasteiger partial charge in [-0.05, 0) is 36.8 Å². The minimum absolute atomic E-state index is 0.317. The van der Waals surface area contributed by atoms with E-state index in [1.807, 2.05) is 42.5 Å². The van der Waals surface area contributed by atoms with E-state index in [4.69, 9.17) is 4.74 Å². The quantitative estimate of drug-likeness (QED) is 0.596. The van der Waals surface area contributed by atoms with Gasteiger partial charge in [0.15, 0.2) is 0 Å². The predicted molar refractivity (Wildman–Crippen MR) is 96.2 cm³/mol. The smallest absolute Gasteiger partial charge is 0.337 e. The second-order valence-electron chi connectivity index (χ2n) is 5.44. The van der Waals surface area contributed by atoms with Crippen LogP contribution in [0.1, 0.15) is 22.8 Å². The molecular weight excluding hydrogens is 302 g/mol. The molecule has 1 N–H and O–H groups in total. The number of carbonyl (C=O) groups is 1. The van der Waals surface area contributed by atoms with Gasteiger partial charge in [0.05, 0.1) is 12.7 Å². The molecule has 0 aromatic heterocycles. The lowest BCUT2D eigenvalue weighted by molar-refractivity contribution is 0.0600. The van der Waals surface area contributed by atoms with Gasteiger partial charge in [0.25, 0.3) is 0 Å². The van der Waals surface area contributed by atoms with Gasteiger partial charge in [-0.25, -0.2) is 4.79 Å². The van der Waals surface area contributed by atoms with Crippen molar-refractivity contribution in [1.82, 2.24) is 5.32 Å². The van der Waals surface area contributed by atoms with E-state index in [-0.39, 0.29) is 5.97 Å². The average molecular weight is 325 g/mol. The number of methoxy groups -OCH3 is 1. The van der Waals surface area contributed by atoms with Gasteiger partial charge in [0, 0.05) is 13.1 Å². The summed E-state index contributed by atoms with van der Waals surface area (Å²) in [6.45, 7) is 4.27. The highest BCUT2D eigenvalue weighted by molar-refractivity contribution is 5.89. The van der Waals surface area contributed by atoms with Crippen molar-refractivity contribution in [1.29, 1.82) is 0 Å². The number of rotatable bonds is 8. The van der Waals surface area contributed by atoms with Gasteiger partial charge in [-0.3, -0.25) is 0 Å². The van der Waals surface area contributed by atoms with Crippen molar-refractivity contribution >= 4 is 12.0 Å². The first-order valence-corrected chi connectivity index (χ1v) is 7.93. The molecule has 0 amide bonds. The zero-order chi connectivity index (χ0) is 17.2. The number of nitrogens with one attached hydrogen (secondary N) is 1. The van der Waals surface area contributed by atoms with Crippen molar-refractivity contribution in [3.05, 3.63) is 71.3 Å². The first kappa shape index (κ1) is 17.8. The van der Waals surface area contributed by atoms with Gasteiger partial charge in [-0.1, -0.05) is 42.0 Å². The molecule has 4 heteroatoms. The Hall–Kier alpha value is -2.59. The normalized spacial score (nSPS) is 11.2. The van der Waals surface area contributed by atoms with E-state index in [0.29, 0.717) is 12.2 Å². The molecule has 0 fully saturated rings. The Morgan fingerprint density at radius 2 is 1.79 bits per heavy atom. The molecule has 0 unspecified atom stereocenters. The summed E-state index contributed by atoms with van der Waals surface area (Å²) in [5, 5.41) is 3.35. The summed E-state index contributed by atoms with van der Waals surface area (Å²) >= 11 is 0. The van der Waals surface area contributed by atoms with Gasteiger partial charge >= 0.3 is 5.97 Å². The van der Waals surface area contributed by atoms with Crippen molar-refractivity contribution in [3.63, 3.8) is 0 Å². The van der Waals surface area contributed by atoms with Crippen molar-refractivity contribution in [3.8, 4) is 5.75 Å². The summed E-state index contributed by atoms with van der Waals surface area (Å²) in [5.41, 5.74) is 2.83. The molecule has 0 saturated carbocycles. The third-order valence-corrected chi connectivity index (χ3v) is 3.44. The van der Waals surface area contributed by atoms with Gasteiger partial charge < -0.3 is 14.8 Å². The lowest BCUT2D eigenvalue weighted by Gasteiger charge is -2.08. The van der Waals surface area contributed by atoms with Crippen LogP contribution in [-0.4, -0.2) is 32.8 Å². The molecule has 0 bridgehead atoms. The van der Waals surface area contributed by atoms with Crippen LogP contribution in [0, 0.1) is 0 Å². The Morgan fingerprint density at radius 3 is 2.46 bits per heavy atom. The molecule has 0 heterocycles. The second-order valence-corrected chi connectivity index (χ2v) is 5.44. The summed E-state index contributed by atoms with van der Waals surface area (Å²) in [6.07, 6.45) is 2.09. The van der Waals surface area contributed by atoms with Crippen LogP contribution >= 0.6 is 0 Å². The molecule has 0 spiro atoms. The predicted octanol–water partition coefficient (Wildman–Crippen LogP) is 3.55. The van der Waals surface area contributed by atoms with E-state index >= 15 is 0 Å². The molecule has 0 aliphatic rings. The largest absolute Gasteiger partial charge is 0.492 e. The summed E-state index contributed by atoms with van der Waals surface area (Å²) in [6, 6.07) is 17.1. The van der Waals surface area contributed by atoms with Crippen molar-refractivity contribution in [2.45, 2.75) is 6.92 Å². The van der Waals surface area contributed by atoms with E-state index in [9.17, 15) is 4.79 Å². The molecule has 0 aliphatic heterocycles. The van der Waals surface area contributed by atoms with Crippen LogP contribution in [0.2, 0.25) is 0 Å². The molecule has 2 aromatic rings. The molecular formula is C20H23NO3. The Balaban J connectivity index is 1.72. The van der Waals surface area contributed by atoms with Crippen LogP contribution in [-0.2, 0) is 4.74 Å². The minimum atomic E-state index is -0.317. The third kappa shape index (κ3) is 5.89. The van der Waals surface area contributed by atoms with Crippen molar-refractivity contribution in [2.24, 2.45) is 0 Å². The Bertz CT molecular complexity index is 663. The molecule has 2 aromatic carbocycles. The minimum Gasteiger partial charge on any atom is -0.492 e. The Labute approximate surface area is 143 Å². The maximum atomic E-state index is 11.4. The fourth-order valence-corrected chi connectivity index (χ4v) is 2.21. The number of para-hydroxylation sites is 1. The van der Waals surface area contributed by atoms with Crippen LogP contribution in [0.15, 0.2) is 60.2 Å². The first-order chi connectivity index (χ1) is 11.7. The van der Waals surface area contributed by atoms with Gasteiger partial charge in [-0.15, -0.1) is 0 Å². The Morgan fingerprint density at radius 1 is 1.08 bits per heavy atom. The van der Waals surface area contributed by atoms with E-state index in [2.05, 4.69) is 23.1 Å². The zero-order valence-corrected chi connectivity index (χ0v) is 14.1. The van der Waals surface area contributed by atoms with Crippen molar-refractivity contribution < 1.29 is 14.3 Å². The molecule has 24 heavy (non-hydrogen) atoms. The van der Waals surface area contributed by atoms with E-state index in [0.717, 1.165) is 24.4 Å². The molecule has 2 rings (SSSR count). The van der Waals surface area contributed by atoms with Crippen LogP contribution in [0.25, 0.3) is 6.08 Å². The lowest BCUT2D eigenvalue weighted by atomic mass is 10.1. The summed E-state index contributed by atoms with van der Waals surface area (Å²) in [4.78, 5) is 11.4. The van der Waals surface area contributed by atoms with Gasteiger partial charge in [0.1, 0.15) is 12.4 Å². The van der Waals surface area contributed by atoms with Gasteiger partial charge in [-0.2, -0.15) is 0 Å². The highest BCUT2D eigenvalue weighted by atomic mass is 16.5. The highest BCUT2D eigenvalue weighted by Crippen LogP contribution is 2.10. The molecule has 4 nitrogen and oxygen atoms in total. The molecule has 0 saturated heterocycles.